The summed E-state index contributed by atoms with van der Waals surface area (Å²) in [4.78, 5) is 2.31. The largest absolute Gasteiger partial charge is 0.298 e. The first kappa shape index (κ1) is 20.5. The fourth-order valence-corrected chi connectivity index (χ4v) is 4.43. The molecule has 2 aromatic carbocycles. The van der Waals surface area contributed by atoms with Crippen molar-refractivity contribution in [2.45, 2.75) is 25.3 Å². The van der Waals surface area contributed by atoms with E-state index < -0.39 is 11.6 Å². The van der Waals surface area contributed by atoms with Crippen LogP contribution >= 0.6 is 0 Å². The molecule has 0 bridgehead atoms. The topological polar surface area (TPSA) is 49.7 Å². The molecule has 5 nitrogen and oxygen atoms in total. The highest BCUT2D eigenvalue weighted by Gasteiger charge is 2.27. The molecule has 1 fully saturated rings. The molecular weight excluding hydrogens is 415 g/mol. The van der Waals surface area contributed by atoms with Gasteiger partial charge in [-0.1, -0.05) is 6.07 Å². The monoisotopic (exact) mass is 437 g/mol. The molecule has 1 saturated heterocycles. The van der Waals surface area contributed by atoms with Crippen molar-refractivity contribution in [3.63, 3.8) is 0 Å². The van der Waals surface area contributed by atoms with Gasteiger partial charge in [-0.05, 0) is 55.8 Å². The fourth-order valence-electron chi connectivity index (χ4n) is 4.43. The van der Waals surface area contributed by atoms with Gasteiger partial charge in [0.2, 0.25) is 0 Å². The predicted octanol–water partition coefficient (Wildman–Crippen LogP) is 5.06. The molecule has 0 unspecified atom stereocenters. The molecule has 4 aromatic rings. The summed E-state index contributed by atoms with van der Waals surface area (Å²) >= 11 is 0. The number of hydrogen-bond acceptors (Lipinski definition) is 3. The van der Waals surface area contributed by atoms with Crippen molar-refractivity contribution in [2.24, 2.45) is 0 Å². The number of likely N-dealkylation sites (tertiary alicyclic amines) is 1. The second-order valence-corrected chi connectivity index (χ2v) is 8.14. The highest BCUT2D eigenvalue weighted by molar-refractivity contribution is 5.67. The van der Waals surface area contributed by atoms with Crippen LogP contribution in [0.5, 0.6) is 0 Å². The Morgan fingerprint density at radius 3 is 2.56 bits per heavy atom. The molecule has 8 heteroatoms. The van der Waals surface area contributed by atoms with Gasteiger partial charge in [-0.15, -0.1) is 0 Å². The molecule has 0 radical (unpaired) electrons. The second kappa shape index (κ2) is 8.63. The van der Waals surface area contributed by atoms with E-state index in [-0.39, 0.29) is 17.3 Å². The van der Waals surface area contributed by atoms with E-state index in [4.69, 9.17) is 0 Å². The Morgan fingerprint density at radius 1 is 1.00 bits per heavy atom. The zero-order valence-corrected chi connectivity index (χ0v) is 17.3. The van der Waals surface area contributed by atoms with E-state index >= 15 is 0 Å². The summed E-state index contributed by atoms with van der Waals surface area (Å²) in [5.41, 5.74) is 3.05. The third-order valence-corrected chi connectivity index (χ3v) is 5.95. The van der Waals surface area contributed by atoms with Gasteiger partial charge in [0, 0.05) is 42.0 Å². The molecule has 0 aliphatic carbocycles. The molecule has 1 aliphatic heterocycles. The molecule has 0 amide bonds. The van der Waals surface area contributed by atoms with Crippen molar-refractivity contribution in [3.8, 4) is 16.8 Å². The van der Waals surface area contributed by atoms with Crippen molar-refractivity contribution in [1.29, 1.82) is 0 Å². The van der Waals surface area contributed by atoms with E-state index in [1.807, 2.05) is 12.4 Å². The van der Waals surface area contributed by atoms with Crippen LogP contribution in [-0.2, 0) is 6.54 Å². The zero-order valence-electron chi connectivity index (χ0n) is 17.3. The highest BCUT2D eigenvalue weighted by atomic mass is 19.1. The number of halogens is 3. The molecule has 164 valence electrons. The van der Waals surface area contributed by atoms with Crippen LogP contribution in [0.25, 0.3) is 16.8 Å². The van der Waals surface area contributed by atoms with Gasteiger partial charge in [0.1, 0.15) is 17.5 Å². The van der Waals surface area contributed by atoms with Crippen molar-refractivity contribution < 1.29 is 13.2 Å². The Kier molecular flexibility index (Phi) is 5.53. The maximum atomic E-state index is 14.4. The van der Waals surface area contributed by atoms with Gasteiger partial charge in [-0.3, -0.25) is 10.00 Å². The molecule has 32 heavy (non-hydrogen) atoms. The Labute approximate surface area is 183 Å². The Morgan fingerprint density at radius 2 is 1.78 bits per heavy atom. The van der Waals surface area contributed by atoms with Gasteiger partial charge in [-0.2, -0.15) is 10.2 Å². The third-order valence-electron chi connectivity index (χ3n) is 5.95. The van der Waals surface area contributed by atoms with Crippen LogP contribution in [0.1, 0.15) is 30.0 Å². The maximum Gasteiger partial charge on any atom is 0.134 e. The first-order valence-electron chi connectivity index (χ1n) is 10.6. The zero-order chi connectivity index (χ0) is 22.1. The van der Waals surface area contributed by atoms with Crippen molar-refractivity contribution >= 4 is 0 Å². The smallest absolute Gasteiger partial charge is 0.134 e. The van der Waals surface area contributed by atoms with Crippen molar-refractivity contribution in [2.75, 3.05) is 13.1 Å². The Hall–Kier alpha value is -3.39. The number of piperidine rings is 1. The minimum absolute atomic E-state index is 0.0334. The third kappa shape index (κ3) is 4.05. The van der Waals surface area contributed by atoms with E-state index in [1.165, 1.54) is 36.5 Å². The summed E-state index contributed by atoms with van der Waals surface area (Å²) < 4.78 is 43.6. The maximum absolute atomic E-state index is 14.4. The minimum atomic E-state index is -0.589. The molecular formula is C24H22F3N5. The Bertz CT molecular complexity index is 1190. The quantitative estimate of drug-likeness (QED) is 0.475. The number of benzene rings is 2. The van der Waals surface area contributed by atoms with Crippen LogP contribution in [0, 0.1) is 17.5 Å². The lowest BCUT2D eigenvalue weighted by Crippen LogP contribution is -2.34. The number of rotatable bonds is 5. The molecule has 2 aromatic heterocycles. The van der Waals surface area contributed by atoms with E-state index in [2.05, 4.69) is 20.2 Å². The average Bonchev–Trinajstić information content (AvgIpc) is 3.45. The van der Waals surface area contributed by atoms with Crippen LogP contribution in [0.4, 0.5) is 13.2 Å². The Balaban J connectivity index is 1.32. The summed E-state index contributed by atoms with van der Waals surface area (Å²) in [6, 6.07) is 10.1. The summed E-state index contributed by atoms with van der Waals surface area (Å²) in [5.74, 6) is -1.37. The van der Waals surface area contributed by atoms with Gasteiger partial charge in [0.25, 0.3) is 0 Å². The molecule has 3 heterocycles. The first-order valence-corrected chi connectivity index (χ1v) is 10.6. The number of nitrogens with one attached hydrogen (secondary N) is 1. The summed E-state index contributed by atoms with van der Waals surface area (Å²) in [6.45, 7) is 2.37. The SMILES string of the molecule is Fc1ccc(-n2cc(CN3CCC[C@H](c4[nH]ncc4-c4c(F)cccc4F)C3)cn2)cc1. The first-order chi connectivity index (χ1) is 15.6. The highest BCUT2D eigenvalue weighted by Crippen LogP contribution is 2.35. The summed E-state index contributed by atoms with van der Waals surface area (Å²) in [5, 5.41) is 11.5. The molecule has 5 rings (SSSR count). The van der Waals surface area contributed by atoms with E-state index in [0.717, 1.165) is 42.9 Å². The van der Waals surface area contributed by atoms with E-state index in [1.54, 1.807) is 16.8 Å². The number of H-pyrrole nitrogens is 1. The van der Waals surface area contributed by atoms with E-state index in [0.29, 0.717) is 12.1 Å². The van der Waals surface area contributed by atoms with Crippen LogP contribution in [0.15, 0.2) is 61.1 Å². The molecule has 0 saturated carbocycles. The average molecular weight is 437 g/mol. The van der Waals surface area contributed by atoms with Gasteiger partial charge in [-0.25, -0.2) is 17.9 Å². The van der Waals surface area contributed by atoms with Crippen LogP contribution in [0.2, 0.25) is 0 Å². The second-order valence-electron chi connectivity index (χ2n) is 8.14. The number of hydrogen-bond donors (Lipinski definition) is 1. The van der Waals surface area contributed by atoms with Crippen LogP contribution in [-0.4, -0.2) is 38.0 Å². The van der Waals surface area contributed by atoms with Gasteiger partial charge in [0.05, 0.1) is 23.6 Å². The molecule has 0 spiro atoms. The number of aromatic amines is 1. The number of nitrogens with zero attached hydrogens (tertiary/aromatic N) is 4. The predicted molar refractivity (Wildman–Crippen MR) is 115 cm³/mol. The van der Waals surface area contributed by atoms with Gasteiger partial charge < -0.3 is 0 Å². The van der Waals surface area contributed by atoms with E-state index in [9.17, 15) is 13.2 Å². The van der Waals surface area contributed by atoms with Crippen molar-refractivity contribution in [3.05, 3.63) is 89.8 Å². The standard InChI is InChI=1S/C24H22F3N5/c25-18-6-8-19(9-7-18)32-14-16(11-29-32)13-31-10-2-3-17(15-31)24-20(12-28-30-24)23-21(26)4-1-5-22(23)27/h1,4-9,11-12,14,17H,2-3,10,13,15H2,(H,28,30)/t17-/m0/s1. The molecule has 1 aliphatic rings. The van der Waals surface area contributed by atoms with Crippen molar-refractivity contribution in [1.82, 2.24) is 24.9 Å². The minimum Gasteiger partial charge on any atom is -0.298 e. The lowest BCUT2D eigenvalue weighted by Gasteiger charge is -2.32. The fraction of sp³-hybridized carbons (Fsp3) is 0.250. The molecule has 1 atom stereocenters. The molecule has 1 N–H and O–H groups in total. The normalized spacial score (nSPS) is 17.0. The van der Waals surface area contributed by atoms with Crippen LogP contribution in [0.3, 0.4) is 0 Å². The summed E-state index contributed by atoms with van der Waals surface area (Å²) in [7, 11) is 0. The van der Waals surface area contributed by atoms with Gasteiger partial charge in [0.15, 0.2) is 0 Å². The lowest BCUT2D eigenvalue weighted by atomic mass is 9.90. The van der Waals surface area contributed by atoms with Crippen LogP contribution < -0.4 is 0 Å². The summed E-state index contributed by atoms with van der Waals surface area (Å²) in [6.07, 6.45) is 7.13. The van der Waals surface area contributed by atoms with Gasteiger partial charge >= 0.3 is 0 Å². The lowest BCUT2D eigenvalue weighted by molar-refractivity contribution is 0.198. The number of aromatic nitrogens is 4.